The van der Waals surface area contributed by atoms with Crippen molar-refractivity contribution in [3.8, 4) is 0 Å². The summed E-state index contributed by atoms with van der Waals surface area (Å²) in [5, 5.41) is 12.1. The van der Waals surface area contributed by atoms with Gasteiger partial charge in [0, 0.05) is 19.4 Å². The molecule has 2 saturated carbocycles. The van der Waals surface area contributed by atoms with Crippen molar-refractivity contribution in [1.82, 2.24) is 0 Å². The highest BCUT2D eigenvalue weighted by atomic mass is 16.6. The minimum absolute atomic E-state index is 0.0215. The van der Waals surface area contributed by atoms with Crippen molar-refractivity contribution in [2.75, 3.05) is 0 Å². The van der Waals surface area contributed by atoms with Gasteiger partial charge in [0.25, 0.3) is 0 Å². The highest BCUT2D eigenvalue weighted by molar-refractivity contribution is 5.89. The van der Waals surface area contributed by atoms with Crippen LogP contribution in [0.15, 0.2) is 66.7 Å². The Labute approximate surface area is 240 Å². The SMILES string of the molecule is CC(=O)OC1CC(C)(O)C23CC(CC(OC(=O)C=Cc4ccccc4)C2(C)C1OC(=O)c1ccccc1)C(C)(C)O3. The van der Waals surface area contributed by atoms with Gasteiger partial charge in [0.2, 0.25) is 0 Å². The van der Waals surface area contributed by atoms with Crippen LogP contribution in [0.2, 0.25) is 0 Å². The molecule has 1 heterocycles. The first-order valence-electron chi connectivity index (χ1n) is 14.1. The standard InChI is InChI=1S/C33H38O8/c1-21(34)38-25-20-31(4,37)33-19-24(30(2,3)41-33)18-26(39-27(35)17-16-22-12-8-6-9-13-22)32(33,5)28(25)40-29(36)23-14-10-7-11-15-23/h6-17,24-26,28,37H,18-20H2,1-5H3. The van der Waals surface area contributed by atoms with Crippen LogP contribution in [-0.2, 0) is 28.5 Å². The van der Waals surface area contributed by atoms with Gasteiger partial charge in [-0.15, -0.1) is 0 Å². The summed E-state index contributed by atoms with van der Waals surface area (Å²) in [7, 11) is 0. The van der Waals surface area contributed by atoms with Crippen LogP contribution in [0.25, 0.3) is 6.08 Å². The number of carbonyl (C=O) groups excluding carboxylic acids is 3. The van der Waals surface area contributed by atoms with E-state index in [0.29, 0.717) is 18.4 Å². The number of aliphatic hydroxyl groups is 1. The lowest BCUT2D eigenvalue weighted by molar-refractivity contribution is -0.323. The summed E-state index contributed by atoms with van der Waals surface area (Å²) in [5.74, 6) is -1.81. The van der Waals surface area contributed by atoms with Crippen LogP contribution in [0.1, 0.15) is 69.8 Å². The Hall–Kier alpha value is -3.49. The van der Waals surface area contributed by atoms with Gasteiger partial charge in [0.05, 0.1) is 22.2 Å². The molecule has 1 aliphatic heterocycles. The van der Waals surface area contributed by atoms with Crippen molar-refractivity contribution in [2.45, 2.75) is 89.0 Å². The minimum Gasteiger partial charge on any atom is -0.458 e. The van der Waals surface area contributed by atoms with E-state index < -0.39 is 58.4 Å². The van der Waals surface area contributed by atoms with E-state index in [1.165, 1.54) is 13.0 Å². The summed E-state index contributed by atoms with van der Waals surface area (Å²) in [6, 6.07) is 17.9. The number of esters is 3. The molecule has 0 amide bonds. The first-order valence-corrected chi connectivity index (χ1v) is 14.1. The number of hydrogen-bond acceptors (Lipinski definition) is 8. The van der Waals surface area contributed by atoms with E-state index in [4.69, 9.17) is 18.9 Å². The van der Waals surface area contributed by atoms with Crippen LogP contribution in [0.3, 0.4) is 0 Å². The topological polar surface area (TPSA) is 108 Å². The predicted molar refractivity (Wildman–Crippen MR) is 151 cm³/mol. The number of carbonyl (C=O) groups is 3. The molecule has 5 rings (SSSR count). The molecule has 2 aromatic carbocycles. The Morgan fingerprint density at radius 3 is 2.17 bits per heavy atom. The van der Waals surface area contributed by atoms with Gasteiger partial charge in [-0.25, -0.2) is 9.59 Å². The van der Waals surface area contributed by atoms with Gasteiger partial charge in [0.15, 0.2) is 6.10 Å². The Morgan fingerprint density at radius 1 is 0.902 bits per heavy atom. The quantitative estimate of drug-likeness (QED) is 0.301. The van der Waals surface area contributed by atoms with Gasteiger partial charge >= 0.3 is 17.9 Å². The number of ether oxygens (including phenoxy) is 4. The number of benzene rings is 2. The summed E-state index contributed by atoms with van der Waals surface area (Å²) in [4.78, 5) is 39.0. The van der Waals surface area contributed by atoms with Crippen molar-refractivity contribution in [2.24, 2.45) is 11.3 Å². The molecular formula is C33H38O8. The summed E-state index contributed by atoms with van der Waals surface area (Å²) >= 11 is 0. The van der Waals surface area contributed by atoms with Crippen LogP contribution >= 0.6 is 0 Å². The maximum Gasteiger partial charge on any atom is 0.338 e. The molecule has 7 unspecified atom stereocenters. The zero-order valence-corrected chi connectivity index (χ0v) is 24.2. The molecule has 2 bridgehead atoms. The fourth-order valence-corrected chi connectivity index (χ4v) is 7.35. The highest BCUT2D eigenvalue weighted by Gasteiger charge is 2.79. The van der Waals surface area contributed by atoms with Crippen LogP contribution in [-0.4, -0.2) is 58.1 Å². The molecule has 218 valence electrons. The van der Waals surface area contributed by atoms with Crippen LogP contribution in [0.4, 0.5) is 0 Å². The minimum atomic E-state index is -1.51. The van der Waals surface area contributed by atoms with Gasteiger partial charge in [-0.3, -0.25) is 4.79 Å². The van der Waals surface area contributed by atoms with Gasteiger partial charge in [-0.1, -0.05) is 48.5 Å². The first kappa shape index (κ1) is 29.0. The van der Waals surface area contributed by atoms with E-state index in [-0.39, 0.29) is 12.3 Å². The van der Waals surface area contributed by atoms with E-state index in [2.05, 4.69) is 0 Å². The molecule has 2 aromatic rings. The molecule has 3 aliphatic rings. The number of rotatable bonds is 6. The van der Waals surface area contributed by atoms with Gasteiger partial charge in [-0.05, 0) is 70.2 Å². The first-order chi connectivity index (χ1) is 19.3. The smallest absolute Gasteiger partial charge is 0.338 e. The third-order valence-electron chi connectivity index (χ3n) is 9.42. The lowest BCUT2D eigenvalue weighted by Gasteiger charge is -2.63. The maximum absolute atomic E-state index is 13.5. The van der Waals surface area contributed by atoms with E-state index in [1.807, 2.05) is 51.1 Å². The largest absolute Gasteiger partial charge is 0.458 e. The van der Waals surface area contributed by atoms with Crippen molar-refractivity contribution in [3.63, 3.8) is 0 Å². The fourth-order valence-electron chi connectivity index (χ4n) is 7.35. The zero-order chi connectivity index (χ0) is 29.6. The Kier molecular flexibility index (Phi) is 7.37. The second-order valence-electron chi connectivity index (χ2n) is 12.4. The monoisotopic (exact) mass is 562 g/mol. The maximum atomic E-state index is 13.5. The van der Waals surface area contributed by atoms with Crippen LogP contribution < -0.4 is 0 Å². The van der Waals surface area contributed by atoms with Crippen LogP contribution in [0, 0.1) is 11.3 Å². The lowest BCUT2D eigenvalue weighted by atomic mass is 9.48. The molecule has 8 nitrogen and oxygen atoms in total. The average Bonchev–Trinajstić information content (AvgIpc) is 3.17. The second-order valence-corrected chi connectivity index (χ2v) is 12.4. The highest BCUT2D eigenvalue weighted by Crippen LogP contribution is 2.68. The van der Waals surface area contributed by atoms with E-state index >= 15 is 0 Å². The van der Waals surface area contributed by atoms with E-state index in [0.717, 1.165) is 5.56 Å². The molecule has 1 spiro atoms. The van der Waals surface area contributed by atoms with E-state index in [9.17, 15) is 19.5 Å². The van der Waals surface area contributed by atoms with E-state index in [1.54, 1.807) is 43.3 Å². The molecule has 8 heteroatoms. The Bertz CT molecular complexity index is 1330. The van der Waals surface area contributed by atoms with Gasteiger partial charge in [-0.2, -0.15) is 0 Å². The molecule has 0 aromatic heterocycles. The average molecular weight is 563 g/mol. The molecule has 41 heavy (non-hydrogen) atoms. The summed E-state index contributed by atoms with van der Waals surface area (Å²) in [6.07, 6.45) is 0.983. The summed E-state index contributed by atoms with van der Waals surface area (Å²) in [6.45, 7) is 8.68. The number of hydrogen-bond donors (Lipinski definition) is 1. The normalized spacial score (nSPS) is 35.4. The fraction of sp³-hybridized carbons (Fsp3) is 0.485. The predicted octanol–water partition coefficient (Wildman–Crippen LogP) is 4.89. The molecule has 0 radical (unpaired) electrons. The molecule has 1 N–H and O–H groups in total. The van der Waals surface area contributed by atoms with Gasteiger partial charge in [0.1, 0.15) is 17.8 Å². The Morgan fingerprint density at radius 2 is 1.54 bits per heavy atom. The lowest BCUT2D eigenvalue weighted by Crippen LogP contribution is -2.77. The summed E-state index contributed by atoms with van der Waals surface area (Å²) in [5.41, 5.74) is -3.54. The molecule has 7 atom stereocenters. The van der Waals surface area contributed by atoms with Crippen molar-refractivity contribution < 1.29 is 38.4 Å². The third-order valence-corrected chi connectivity index (χ3v) is 9.42. The van der Waals surface area contributed by atoms with Gasteiger partial charge < -0.3 is 24.1 Å². The Balaban J connectivity index is 1.58. The molecular weight excluding hydrogens is 524 g/mol. The molecule has 3 fully saturated rings. The zero-order valence-electron chi connectivity index (χ0n) is 24.2. The summed E-state index contributed by atoms with van der Waals surface area (Å²) < 4.78 is 24.9. The van der Waals surface area contributed by atoms with Crippen molar-refractivity contribution in [3.05, 3.63) is 77.9 Å². The molecule has 1 saturated heterocycles. The van der Waals surface area contributed by atoms with Crippen LogP contribution in [0.5, 0.6) is 0 Å². The van der Waals surface area contributed by atoms with Crippen molar-refractivity contribution >= 4 is 24.0 Å². The second kappa shape index (κ2) is 10.4. The number of fused-ring (bicyclic) bond motifs is 1. The molecule has 2 aliphatic carbocycles. The third kappa shape index (κ3) is 4.97. The van der Waals surface area contributed by atoms with Crippen molar-refractivity contribution in [1.29, 1.82) is 0 Å².